The summed E-state index contributed by atoms with van der Waals surface area (Å²) in [6, 6.07) is 4.44. The summed E-state index contributed by atoms with van der Waals surface area (Å²) in [5.41, 5.74) is 6.09. The van der Waals surface area contributed by atoms with Crippen molar-refractivity contribution in [2.75, 3.05) is 5.73 Å². The smallest absolute Gasteiger partial charge is 0.271 e. The Morgan fingerprint density at radius 1 is 1.46 bits per heavy atom. The molecule has 3 heteroatoms. The van der Waals surface area contributed by atoms with Gasteiger partial charge in [0.1, 0.15) is 0 Å². The first-order valence-corrected chi connectivity index (χ1v) is 3.86. The quantitative estimate of drug-likeness (QED) is 0.701. The van der Waals surface area contributed by atoms with Gasteiger partial charge in [-0.15, -0.1) is 0 Å². The fourth-order valence-corrected chi connectivity index (χ4v) is 1.19. The van der Waals surface area contributed by atoms with Gasteiger partial charge in [-0.3, -0.25) is 0 Å². The zero-order valence-corrected chi connectivity index (χ0v) is 7.35. The fraction of sp³-hybridized carbons (Fsp3) is 0.200. The van der Waals surface area contributed by atoms with Crippen molar-refractivity contribution in [1.82, 2.24) is 0 Å². The van der Waals surface area contributed by atoms with E-state index < -0.39 is 5.92 Å². The summed E-state index contributed by atoms with van der Waals surface area (Å²) in [6.07, 6.45) is 1.35. The largest absolute Gasteiger partial charge is 0.398 e. The van der Waals surface area contributed by atoms with Crippen LogP contribution in [-0.4, -0.2) is 0 Å². The summed E-state index contributed by atoms with van der Waals surface area (Å²) in [4.78, 5) is 0. The monoisotopic (exact) mass is 183 g/mol. The van der Waals surface area contributed by atoms with Crippen LogP contribution in [0.4, 0.5) is 14.5 Å². The zero-order valence-electron chi connectivity index (χ0n) is 7.35. The highest BCUT2D eigenvalue weighted by Gasteiger charge is 2.27. The lowest BCUT2D eigenvalue weighted by Crippen LogP contribution is -2.10. The van der Waals surface area contributed by atoms with Crippen molar-refractivity contribution in [2.45, 2.75) is 12.8 Å². The maximum atomic E-state index is 13.0. The van der Waals surface area contributed by atoms with Gasteiger partial charge in [-0.05, 0) is 6.07 Å². The molecule has 1 aromatic carbocycles. The number of hydrogen-bond acceptors (Lipinski definition) is 1. The molecule has 0 radical (unpaired) electrons. The summed E-state index contributed by atoms with van der Waals surface area (Å²) in [6.45, 7) is 4.29. The van der Waals surface area contributed by atoms with Crippen molar-refractivity contribution in [1.29, 1.82) is 0 Å². The summed E-state index contributed by atoms with van der Waals surface area (Å²) in [7, 11) is 0. The molecule has 0 unspecified atom stereocenters. The van der Waals surface area contributed by atoms with Gasteiger partial charge < -0.3 is 5.73 Å². The first-order chi connectivity index (χ1) is 5.96. The molecule has 1 nitrogen and oxygen atoms in total. The van der Waals surface area contributed by atoms with Crippen LogP contribution in [0.2, 0.25) is 0 Å². The van der Waals surface area contributed by atoms with E-state index in [1.54, 1.807) is 6.07 Å². The van der Waals surface area contributed by atoms with E-state index >= 15 is 0 Å². The molecular weight excluding hydrogens is 172 g/mol. The molecule has 0 saturated carbocycles. The molecule has 1 rings (SSSR count). The predicted octanol–water partition coefficient (Wildman–Crippen LogP) is 3.02. The Labute approximate surface area is 75.9 Å². The van der Waals surface area contributed by atoms with Gasteiger partial charge in [0.05, 0.1) is 0 Å². The first-order valence-electron chi connectivity index (χ1n) is 3.86. The van der Waals surface area contributed by atoms with Crippen molar-refractivity contribution in [2.24, 2.45) is 0 Å². The third-order valence-corrected chi connectivity index (χ3v) is 1.82. The van der Waals surface area contributed by atoms with Gasteiger partial charge in [0.2, 0.25) is 0 Å². The SMILES string of the molecule is C=Cc1c(N)cccc1C(C)(F)F. The predicted molar refractivity (Wildman–Crippen MR) is 50.5 cm³/mol. The number of nitrogens with two attached hydrogens (primary N) is 1. The summed E-state index contributed by atoms with van der Waals surface area (Å²) in [5.74, 6) is -2.88. The van der Waals surface area contributed by atoms with Crippen molar-refractivity contribution in [3.8, 4) is 0 Å². The highest BCUT2D eigenvalue weighted by Crippen LogP contribution is 2.32. The highest BCUT2D eigenvalue weighted by molar-refractivity contribution is 5.67. The van der Waals surface area contributed by atoms with Crippen molar-refractivity contribution in [3.63, 3.8) is 0 Å². The Hall–Kier alpha value is -1.38. The van der Waals surface area contributed by atoms with Crippen LogP contribution in [0.25, 0.3) is 6.08 Å². The number of anilines is 1. The van der Waals surface area contributed by atoms with Gasteiger partial charge in [-0.1, -0.05) is 24.8 Å². The molecule has 13 heavy (non-hydrogen) atoms. The molecule has 0 aliphatic rings. The summed E-state index contributed by atoms with van der Waals surface area (Å²) < 4.78 is 26.0. The van der Waals surface area contributed by atoms with Crippen LogP contribution in [0, 0.1) is 0 Å². The van der Waals surface area contributed by atoms with E-state index in [9.17, 15) is 8.78 Å². The molecule has 0 heterocycles. The Morgan fingerprint density at radius 2 is 2.08 bits per heavy atom. The van der Waals surface area contributed by atoms with Crippen LogP contribution < -0.4 is 5.73 Å². The Morgan fingerprint density at radius 3 is 2.46 bits per heavy atom. The second-order valence-electron chi connectivity index (χ2n) is 2.90. The lowest BCUT2D eigenvalue weighted by atomic mass is 10.0. The number of nitrogen functional groups attached to an aromatic ring is 1. The van der Waals surface area contributed by atoms with Gasteiger partial charge in [0, 0.05) is 23.7 Å². The molecule has 0 aromatic heterocycles. The molecule has 0 amide bonds. The normalized spacial score (nSPS) is 11.3. The van der Waals surface area contributed by atoms with Gasteiger partial charge in [0.25, 0.3) is 5.92 Å². The van der Waals surface area contributed by atoms with Gasteiger partial charge in [-0.25, -0.2) is 8.78 Å². The molecule has 0 fully saturated rings. The first kappa shape index (κ1) is 9.71. The molecule has 0 atom stereocenters. The maximum absolute atomic E-state index is 13.0. The Kier molecular flexibility index (Phi) is 2.36. The third kappa shape index (κ3) is 1.86. The van der Waals surface area contributed by atoms with E-state index in [0.717, 1.165) is 6.92 Å². The highest BCUT2D eigenvalue weighted by atomic mass is 19.3. The van der Waals surface area contributed by atoms with Gasteiger partial charge >= 0.3 is 0 Å². The minimum Gasteiger partial charge on any atom is -0.398 e. The summed E-state index contributed by atoms with van der Waals surface area (Å²) >= 11 is 0. The molecule has 2 N–H and O–H groups in total. The molecule has 0 saturated heterocycles. The van der Waals surface area contributed by atoms with Crippen molar-refractivity contribution >= 4 is 11.8 Å². The van der Waals surface area contributed by atoms with Crippen LogP contribution >= 0.6 is 0 Å². The van der Waals surface area contributed by atoms with E-state index in [-0.39, 0.29) is 5.56 Å². The van der Waals surface area contributed by atoms with E-state index in [4.69, 9.17) is 5.73 Å². The third-order valence-electron chi connectivity index (χ3n) is 1.82. The van der Waals surface area contributed by atoms with E-state index in [0.29, 0.717) is 11.3 Å². The van der Waals surface area contributed by atoms with Crippen molar-refractivity contribution < 1.29 is 8.78 Å². The fourth-order valence-electron chi connectivity index (χ4n) is 1.19. The topological polar surface area (TPSA) is 26.0 Å². The van der Waals surface area contributed by atoms with Gasteiger partial charge in [0.15, 0.2) is 0 Å². The molecular formula is C10H11F2N. The molecule has 0 aliphatic carbocycles. The Balaban J connectivity index is 3.37. The van der Waals surface area contributed by atoms with Crippen molar-refractivity contribution in [3.05, 3.63) is 35.9 Å². The molecule has 70 valence electrons. The second-order valence-corrected chi connectivity index (χ2v) is 2.90. The number of halogens is 2. The molecule has 0 bridgehead atoms. The average molecular weight is 183 g/mol. The van der Waals surface area contributed by atoms with Crippen LogP contribution in [0.3, 0.4) is 0 Å². The average Bonchev–Trinajstić information content (AvgIpc) is 2.02. The lowest BCUT2D eigenvalue weighted by Gasteiger charge is -2.14. The zero-order chi connectivity index (χ0) is 10.1. The lowest BCUT2D eigenvalue weighted by molar-refractivity contribution is 0.0173. The van der Waals surface area contributed by atoms with Crippen LogP contribution in [0.1, 0.15) is 18.1 Å². The minimum absolute atomic E-state index is 0.0810. The van der Waals surface area contributed by atoms with E-state index in [1.165, 1.54) is 18.2 Å². The standard InChI is InChI=1S/C10H11F2N/c1-3-7-8(10(2,11)12)5-4-6-9(7)13/h3-6H,1,13H2,2H3. The number of benzene rings is 1. The van der Waals surface area contributed by atoms with Crippen LogP contribution in [0.15, 0.2) is 24.8 Å². The van der Waals surface area contributed by atoms with E-state index in [1.807, 2.05) is 0 Å². The van der Waals surface area contributed by atoms with E-state index in [2.05, 4.69) is 6.58 Å². The number of rotatable bonds is 2. The van der Waals surface area contributed by atoms with Gasteiger partial charge in [-0.2, -0.15) is 0 Å². The molecule has 0 aliphatic heterocycles. The molecule has 0 spiro atoms. The van der Waals surface area contributed by atoms with Crippen LogP contribution in [0.5, 0.6) is 0 Å². The maximum Gasteiger partial charge on any atom is 0.271 e. The second kappa shape index (κ2) is 3.17. The Bertz CT molecular complexity index is 326. The number of alkyl halides is 2. The number of hydrogen-bond donors (Lipinski definition) is 1. The summed E-state index contributed by atoms with van der Waals surface area (Å²) in [5, 5.41) is 0. The minimum atomic E-state index is -2.88. The van der Waals surface area contributed by atoms with Crippen LogP contribution in [-0.2, 0) is 5.92 Å². The molecule has 1 aromatic rings.